The van der Waals surface area contributed by atoms with Crippen LogP contribution in [-0.4, -0.2) is 24.9 Å². The lowest BCUT2D eigenvalue weighted by atomic mass is 10.2. The SMILES string of the molecule is FC(F)(F)c1ccc(CNCc2ncccn2)nc1.NCc1ncccn1. The Balaban J connectivity index is 0.000000273. The van der Waals surface area contributed by atoms with Gasteiger partial charge in [0.15, 0.2) is 0 Å². The first-order valence-corrected chi connectivity index (χ1v) is 7.93. The molecule has 0 saturated carbocycles. The molecule has 10 heteroatoms. The monoisotopic (exact) mass is 377 g/mol. The fraction of sp³-hybridized carbons (Fsp3) is 0.235. The molecular formula is C17H18F3N7. The Bertz CT molecular complexity index is 781. The van der Waals surface area contributed by atoms with Gasteiger partial charge in [-0.1, -0.05) is 0 Å². The van der Waals surface area contributed by atoms with Crippen LogP contribution in [0.5, 0.6) is 0 Å². The highest BCUT2D eigenvalue weighted by Crippen LogP contribution is 2.28. The van der Waals surface area contributed by atoms with Crippen LogP contribution < -0.4 is 11.1 Å². The van der Waals surface area contributed by atoms with E-state index in [0.717, 1.165) is 12.3 Å². The average Bonchev–Trinajstić information content (AvgIpc) is 2.70. The van der Waals surface area contributed by atoms with Gasteiger partial charge in [-0.15, -0.1) is 0 Å². The van der Waals surface area contributed by atoms with Crippen molar-refractivity contribution in [2.24, 2.45) is 5.73 Å². The standard InChI is InChI=1S/C12H11F3N4.C5H7N3/c13-12(14,15)9-2-3-10(19-6-9)7-16-8-11-17-4-1-5-18-11;6-4-5-7-2-1-3-8-5/h1-6,16H,7-8H2;1-3H,4,6H2. The molecular weight excluding hydrogens is 359 g/mol. The lowest BCUT2D eigenvalue weighted by molar-refractivity contribution is -0.137. The van der Waals surface area contributed by atoms with Crippen molar-refractivity contribution in [3.8, 4) is 0 Å². The van der Waals surface area contributed by atoms with E-state index in [2.05, 4.69) is 30.2 Å². The summed E-state index contributed by atoms with van der Waals surface area (Å²) in [5.74, 6) is 1.31. The van der Waals surface area contributed by atoms with E-state index >= 15 is 0 Å². The van der Waals surface area contributed by atoms with Crippen molar-refractivity contribution in [1.82, 2.24) is 30.2 Å². The molecule has 0 saturated heterocycles. The highest BCUT2D eigenvalue weighted by molar-refractivity contribution is 5.16. The third-order valence-corrected chi connectivity index (χ3v) is 3.16. The van der Waals surface area contributed by atoms with E-state index in [1.807, 2.05) is 0 Å². The minimum absolute atomic E-state index is 0.358. The van der Waals surface area contributed by atoms with Gasteiger partial charge in [0.2, 0.25) is 0 Å². The van der Waals surface area contributed by atoms with E-state index in [0.29, 0.717) is 37.0 Å². The normalized spacial score (nSPS) is 10.8. The van der Waals surface area contributed by atoms with Gasteiger partial charge in [0.1, 0.15) is 11.6 Å². The van der Waals surface area contributed by atoms with Gasteiger partial charge in [0.05, 0.1) is 24.3 Å². The Kier molecular flexibility index (Phi) is 7.71. The zero-order valence-electron chi connectivity index (χ0n) is 14.3. The van der Waals surface area contributed by atoms with Crippen LogP contribution in [0, 0.1) is 0 Å². The molecule has 0 aliphatic carbocycles. The second kappa shape index (κ2) is 10.2. The first kappa shape index (κ1) is 20.3. The molecule has 3 heterocycles. The summed E-state index contributed by atoms with van der Waals surface area (Å²) in [5.41, 5.74) is 5.01. The molecule has 0 fully saturated rings. The van der Waals surface area contributed by atoms with Crippen molar-refractivity contribution in [3.63, 3.8) is 0 Å². The van der Waals surface area contributed by atoms with Gasteiger partial charge < -0.3 is 11.1 Å². The predicted molar refractivity (Wildman–Crippen MR) is 91.7 cm³/mol. The number of nitrogens with zero attached hydrogens (tertiary/aromatic N) is 5. The van der Waals surface area contributed by atoms with E-state index in [4.69, 9.17) is 5.73 Å². The highest BCUT2D eigenvalue weighted by atomic mass is 19.4. The fourth-order valence-corrected chi connectivity index (χ4v) is 1.86. The maximum Gasteiger partial charge on any atom is 0.417 e. The Morgan fingerprint density at radius 3 is 1.85 bits per heavy atom. The molecule has 0 aromatic carbocycles. The van der Waals surface area contributed by atoms with Crippen molar-refractivity contribution < 1.29 is 13.2 Å². The topological polar surface area (TPSA) is 102 Å². The Morgan fingerprint density at radius 2 is 1.41 bits per heavy atom. The Morgan fingerprint density at radius 1 is 0.815 bits per heavy atom. The Labute approximate surface area is 153 Å². The van der Waals surface area contributed by atoms with Gasteiger partial charge in [-0.2, -0.15) is 13.2 Å². The van der Waals surface area contributed by atoms with Crippen LogP contribution in [0.2, 0.25) is 0 Å². The van der Waals surface area contributed by atoms with E-state index in [1.165, 1.54) is 6.07 Å². The lowest BCUT2D eigenvalue weighted by Crippen LogP contribution is -2.16. The molecule has 0 spiro atoms. The first-order valence-electron chi connectivity index (χ1n) is 7.93. The second-order valence-electron chi connectivity index (χ2n) is 5.17. The number of halogens is 3. The summed E-state index contributed by atoms with van der Waals surface area (Å²) in [4.78, 5) is 19.5. The summed E-state index contributed by atoms with van der Waals surface area (Å²) in [6, 6.07) is 5.84. The molecule has 0 aliphatic heterocycles. The highest BCUT2D eigenvalue weighted by Gasteiger charge is 2.30. The third kappa shape index (κ3) is 7.42. The van der Waals surface area contributed by atoms with Gasteiger partial charge in [0, 0.05) is 37.5 Å². The van der Waals surface area contributed by atoms with E-state index in [1.54, 1.807) is 36.9 Å². The van der Waals surface area contributed by atoms with Crippen molar-refractivity contribution in [2.75, 3.05) is 0 Å². The minimum atomic E-state index is -4.35. The zero-order valence-corrected chi connectivity index (χ0v) is 14.3. The fourth-order valence-electron chi connectivity index (χ4n) is 1.86. The van der Waals surface area contributed by atoms with Gasteiger partial charge in [0.25, 0.3) is 0 Å². The van der Waals surface area contributed by atoms with Crippen molar-refractivity contribution >= 4 is 0 Å². The Hall–Kier alpha value is -2.98. The number of rotatable bonds is 5. The quantitative estimate of drug-likeness (QED) is 0.702. The number of hydrogen-bond donors (Lipinski definition) is 2. The van der Waals surface area contributed by atoms with Crippen LogP contribution >= 0.6 is 0 Å². The molecule has 0 radical (unpaired) electrons. The molecule has 0 aliphatic rings. The summed E-state index contributed by atoms with van der Waals surface area (Å²) in [5, 5.41) is 3.01. The third-order valence-electron chi connectivity index (χ3n) is 3.16. The molecule has 0 unspecified atom stereocenters. The van der Waals surface area contributed by atoms with Crippen molar-refractivity contribution in [3.05, 3.63) is 78.2 Å². The van der Waals surface area contributed by atoms with Crippen LogP contribution in [0.15, 0.2) is 55.2 Å². The number of nitrogens with two attached hydrogens (primary N) is 1. The summed E-state index contributed by atoms with van der Waals surface area (Å²) >= 11 is 0. The molecule has 3 aromatic rings. The smallest absolute Gasteiger partial charge is 0.324 e. The first-order chi connectivity index (χ1) is 13.0. The van der Waals surface area contributed by atoms with E-state index in [9.17, 15) is 13.2 Å². The number of nitrogens with one attached hydrogen (secondary N) is 1. The van der Waals surface area contributed by atoms with Crippen LogP contribution in [0.3, 0.4) is 0 Å². The van der Waals surface area contributed by atoms with Crippen LogP contribution in [0.1, 0.15) is 22.9 Å². The van der Waals surface area contributed by atoms with Gasteiger partial charge >= 0.3 is 6.18 Å². The summed E-state index contributed by atoms with van der Waals surface area (Å²) < 4.78 is 37.0. The second-order valence-corrected chi connectivity index (χ2v) is 5.17. The number of hydrogen-bond acceptors (Lipinski definition) is 7. The van der Waals surface area contributed by atoms with Crippen molar-refractivity contribution in [1.29, 1.82) is 0 Å². The zero-order chi connectivity index (χ0) is 19.5. The van der Waals surface area contributed by atoms with Crippen LogP contribution in [0.4, 0.5) is 13.2 Å². The molecule has 0 bridgehead atoms. The minimum Gasteiger partial charge on any atom is -0.324 e. The van der Waals surface area contributed by atoms with Gasteiger partial charge in [-0.05, 0) is 24.3 Å². The molecule has 142 valence electrons. The molecule has 3 aromatic heterocycles. The number of pyridine rings is 1. The van der Waals surface area contributed by atoms with Crippen molar-refractivity contribution in [2.45, 2.75) is 25.8 Å². The average molecular weight is 377 g/mol. The molecule has 27 heavy (non-hydrogen) atoms. The predicted octanol–water partition coefficient (Wildman–Crippen LogP) is 2.12. The van der Waals surface area contributed by atoms with E-state index < -0.39 is 11.7 Å². The molecule has 0 amide bonds. The molecule has 3 rings (SSSR count). The number of aromatic nitrogens is 5. The summed E-state index contributed by atoms with van der Waals surface area (Å²) in [6.07, 6.45) is 3.08. The van der Waals surface area contributed by atoms with Crippen LogP contribution in [0.25, 0.3) is 0 Å². The molecule has 3 N–H and O–H groups in total. The molecule has 7 nitrogen and oxygen atoms in total. The largest absolute Gasteiger partial charge is 0.417 e. The maximum absolute atomic E-state index is 12.3. The number of alkyl halides is 3. The van der Waals surface area contributed by atoms with Crippen LogP contribution in [-0.2, 0) is 25.8 Å². The van der Waals surface area contributed by atoms with Gasteiger partial charge in [-0.25, -0.2) is 19.9 Å². The maximum atomic E-state index is 12.3. The summed E-state index contributed by atoms with van der Waals surface area (Å²) in [7, 11) is 0. The van der Waals surface area contributed by atoms with Gasteiger partial charge in [-0.3, -0.25) is 4.98 Å². The lowest BCUT2D eigenvalue weighted by Gasteiger charge is -2.07. The summed E-state index contributed by atoms with van der Waals surface area (Å²) in [6.45, 7) is 1.21. The molecule has 0 atom stereocenters. The van der Waals surface area contributed by atoms with E-state index in [-0.39, 0.29) is 0 Å².